The van der Waals surface area contributed by atoms with Crippen LogP contribution >= 0.6 is 0 Å². The maximum atomic E-state index is 13.1. The molecule has 0 spiro atoms. The van der Waals surface area contributed by atoms with Crippen molar-refractivity contribution in [2.75, 3.05) is 6.54 Å². The Hall–Kier alpha value is -3.39. The number of hydrogen-bond acceptors (Lipinski definition) is 2. The average Bonchev–Trinajstić information content (AvgIpc) is 3.17. The van der Waals surface area contributed by atoms with E-state index in [0.29, 0.717) is 0 Å². The Morgan fingerprint density at radius 1 is 0.857 bits per heavy atom. The Balaban J connectivity index is 1.79. The summed E-state index contributed by atoms with van der Waals surface area (Å²) in [5.74, 6) is 6.76. The summed E-state index contributed by atoms with van der Waals surface area (Å²) < 4.78 is 29.1. The van der Waals surface area contributed by atoms with E-state index in [-0.39, 0.29) is 11.4 Å². The summed E-state index contributed by atoms with van der Waals surface area (Å²) in [6.07, 6.45) is 7.73. The lowest BCUT2D eigenvalue weighted by Crippen LogP contribution is -2.26. The van der Waals surface area contributed by atoms with Crippen LogP contribution in [-0.2, 0) is 10.0 Å². The molecule has 1 N–H and O–H groups in total. The second-order valence-electron chi connectivity index (χ2n) is 8.80. The molecule has 0 fully saturated rings. The molecule has 0 atom stereocenters. The Bertz CT molecular complexity index is 1360. The van der Waals surface area contributed by atoms with Crippen LogP contribution in [0.2, 0.25) is 0 Å². The van der Waals surface area contributed by atoms with E-state index >= 15 is 0 Å². The number of benzene rings is 3. The molecule has 0 aromatic heterocycles. The van der Waals surface area contributed by atoms with E-state index < -0.39 is 10.0 Å². The second kappa shape index (κ2) is 11.8. The highest BCUT2D eigenvalue weighted by molar-refractivity contribution is 7.89. The van der Waals surface area contributed by atoms with Gasteiger partial charge in [0, 0.05) is 17.7 Å². The Morgan fingerprint density at radius 3 is 2.26 bits per heavy atom. The normalized spacial score (nSPS) is 14.7. The second-order valence-corrected chi connectivity index (χ2v) is 10.6. The van der Waals surface area contributed by atoms with Crippen molar-refractivity contribution in [1.82, 2.24) is 4.72 Å². The van der Waals surface area contributed by atoms with Crippen LogP contribution in [0.3, 0.4) is 0 Å². The first kappa shape index (κ1) is 24.7. The van der Waals surface area contributed by atoms with E-state index in [1.807, 2.05) is 79.7 Å². The molecule has 1 aliphatic rings. The summed E-state index contributed by atoms with van der Waals surface area (Å²) in [6, 6.07) is 26.8. The van der Waals surface area contributed by atoms with Gasteiger partial charge in [0.05, 0.1) is 4.90 Å². The minimum Gasteiger partial charge on any atom is -0.207 e. The van der Waals surface area contributed by atoms with Gasteiger partial charge in [0.1, 0.15) is 0 Å². The molecule has 4 rings (SSSR count). The zero-order chi connectivity index (χ0) is 24.5. The van der Waals surface area contributed by atoms with E-state index in [4.69, 9.17) is 0 Å². The highest BCUT2D eigenvalue weighted by atomic mass is 32.2. The van der Waals surface area contributed by atoms with Crippen molar-refractivity contribution < 1.29 is 8.42 Å². The van der Waals surface area contributed by atoms with Crippen LogP contribution in [-0.4, -0.2) is 15.0 Å². The first-order chi connectivity index (χ1) is 17.0. The molecule has 3 nitrogen and oxygen atoms in total. The fourth-order valence-corrected chi connectivity index (χ4v) is 5.19. The third kappa shape index (κ3) is 6.82. The molecule has 0 aliphatic heterocycles. The number of sulfonamides is 1. The molecule has 178 valence electrons. The molecule has 0 unspecified atom stereocenters. The van der Waals surface area contributed by atoms with Crippen molar-refractivity contribution in [3.8, 4) is 11.8 Å². The van der Waals surface area contributed by atoms with E-state index in [1.165, 1.54) is 18.4 Å². The van der Waals surface area contributed by atoms with Gasteiger partial charge >= 0.3 is 0 Å². The lowest BCUT2D eigenvalue weighted by atomic mass is 9.92. The van der Waals surface area contributed by atoms with Crippen LogP contribution in [0.25, 0.3) is 5.57 Å². The first-order valence-electron chi connectivity index (χ1n) is 12.1. The highest BCUT2D eigenvalue weighted by Crippen LogP contribution is 2.30. The van der Waals surface area contributed by atoms with Crippen molar-refractivity contribution >= 4 is 15.6 Å². The van der Waals surface area contributed by atoms with Gasteiger partial charge in [-0.15, -0.1) is 0 Å². The van der Waals surface area contributed by atoms with Gasteiger partial charge in [0.2, 0.25) is 10.0 Å². The van der Waals surface area contributed by atoms with Gasteiger partial charge in [-0.2, -0.15) is 0 Å². The van der Waals surface area contributed by atoms with Crippen LogP contribution < -0.4 is 4.72 Å². The molecule has 0 saturated carbocycles. The summed E-state index contributed by atoms with van der Waals surface area (Å²) in [5.41, 5.74) is 5.96. The van der Waals surface area contributed by atoms with Gasteiger partial charge in [-0.25, -0.2) is 13.1 Å². The van der Waals surface area contributed by atoms with Crippen LogP contribution in [0.15, 0.2) is 107 Å². The standard InChI is InChI=1S/C31H31NO2S/c1-25-18-21-29(22-19-25)35(33,34)32-24-31(28-16-10-5-11-17-28)30(27-14-8-2-3-9-15-27)23-20-26-12-6-4-7-13-26/h4-7,10-14,16-19,21-22,32H,2-3,8-9,15,24H2,1H3/b31-30-. The van der Waals surface area contributed by atoms with Crippen molar-refractivity contribution in [3.63, 3.8) is 0 Å². The third-order valence-electron chi connectivity index (χ3n) is 6.16. The van der Waals surface area contributed by atoms with E-state index in [9.17, 15) is 8.42 Å². The molecule has 0 heterocycles. The van der Waals surface area contributed by atoms with Crippen LogP contribution in [0.4, 0.5) is 0 Å². The Labute approximate surface area is 209 Å². The molecule has 0 bridgehead atoms. The summed E-state index contributed by atoms with van der Waals surface area (Å²) in [6.45, 7) is 2.11. The summed E-state index contributed by atoms with van der Waals surface area (Å²) in [4.78, 5) is 0.265. The van der Waals surface area contributed by atoms with Gasteiger partial charge in [0.15, 0.2) is 0 Å². The lowest BCUT2D eigenvalue weighted by Gasteiger charge is -2.16. The fraction of sp³-hybridized carbons (Fsp3) is 0.226. The summed E-state index contributed by atoms with van der Waals surface area (Å²) >= 11 is 0. The van der Waals surface area contributed by atoms with E-state index in [1.54, 1.807) is 12.1 Å². The lowest BCUT2D eigenvalue weighted by molar-refractivity contribution is 0.586. The van der Waals surface area contributed by atoms with Gasteiger partial charge in [-0.3, -0.25) is 0 Å². The molecule has 4 heteroatoms. The van der Waals surface area contributed by atoms with Crippen molar-refractivity contribution in [1.29, 1.82) is 0 Å². The minimum atomic E-state index is -3.67. The molecule has 0 amide bonds. The first-order valence-corrected chi connectivity index (χ1v) is 13.6. The van der Waals surface area contributed by atoms with Gasteiger partial charge in [0.25, 0.3) is 0 Å². The quantitative estimate of drug-likeness (QED) is 0.400. The smallest absolute Gasteiger partial charge is 0.207 e. The maximum absolute atomic E-state index is 13.1. The van der Waals surface area contributed by atoms with Gasteiger partial charge < -0.3 is 0 Å². The Kier molecular flexibility index (Phi) is 8.36. The van der Waals surface area contributed by atoms with Gasteiger partial charge in [-0.1, -0.05) is 90.6 Å². The Morgan fingerprint density at radius 2 is 1.54 bits per heavy atom. The van der Waals surface area contributed by atoms with Crippen molar-refractivity contribution in [2.45, 2.75) is 43.9 Å². The third-order valence-corrected chi connectivity index (χ3v) is 7.58. The monoisotopic (exact) mass is 481 g/mol. The molecule has 3 aromatic carbocycles. The van der Waals surface area contributed by atoms with Gasteiger partial charge in [-0.05, 0) is 73.6 Å². The highest BCUT2D eigenvalue weighted by Gasteiger charge is 2.18. The fourth-order valence-electron chi connectivity index (χ4n) is 4.19. The molecule has 1 aliphatic carbocycles. The topological polar surface area (TPSA) is 46.2 Å². The zero-order valence-electron chi connectivity index (χ0n) is 20.1. The van der Waals surface area contributed by atoms with Crippen LogP contribution in [0.5, 0.6) is 0 Å². The number of allylic oxidation sites excluding steroid dienone is 3. The van der Waals surface area contributed by atoms with Crippen LogP contribution in [0.1, 0.15) is 48.8 Å². The molecular formula is C31H31NO2S. The predicted molar refractivity (Wildman–Crippen MR) is 144 cm³/mol. The number of aryl methyl sites for hydroxylation is 1. The summed E-state index contributed by atoms with van der Waals surface area (Å²) in [7, 11) is -3.67. The SMILES string of the molecule is Cc1ccc(S(=O)(=O)NC/C(=C(\C#Cc2ccccc2)C2=CCCCCC2)c2ccccc2)cc1. The molecular weight excluding hydrogens is 450 g/mol. The maximum Gasteiger partial charge on any atom is 0.240 e. The molecule has 0 radical (unpaired) electrons. The minimum absolute atomic E-state index is 0.163. The molecule has 0 saturated heterocycles. The van der Waals surface area contributed by atoms with Crippen molar-refractivity contribution in [3.05, 3.63) is 119 Å². The molecule has 35 heavy (non-hydrogen) atoms. The number of hydrogen-bond donors (Lipinski definition) is 1. The van der Waals surface area contributed by atoms with E-state index in [0.717, 1.165) is 47.1 Å². The van der Waals surface area contributed by atoms with Crippen LogP contribution in [0, 0.1) is 18.8 Å². The number of rotatable bonds is 6. The number of nitrogens with one attached hydrogen (secondary N) is 1. The summed E-state index contributed by atoms with van der Waals surface area (Å²) in [5, 5.41) is 0. The molecule has 3 aromatic rings. The predicted octanol–water partition coefficient (Wildman–Crippen LogP) is 6.67. The average molecular weight is 482 g/mol. The largest absolute Gasteiger partial charge is 0.240 e. The van der Waals surface area contributed by atoms with Crippen molar-refractivity contribution in [2.24, 2.45) is 0 Å². The zero-order valence-corrected chi connectivity index (χ0v) is 20.9. The van der Waals surface area contributed by atoms with E-state index in [2.05, 4.69) is 22.6 Å².